The molecule has 0 radical (unpaired) electrons. The molecule has 2 rings (SSSR count). The molecule has 0 saturated carbocycles. The minimum absolute atomic E-state index is 0.263. The lowest BCUT2D eigenvalue weighted by molar-refractivity contribution is -0.146. The van der Waals surface area contributed by atoms with Gasteiger partial charge in [0.15, 0.2) is 0 Å². The fraction of sp³-hybridized carbons (Fsp3) is 0.500. The highest BCUT2D eigenvalue weighted by Crippen LogP contribution is 2.16. The van der Waals surface area contributed by atoms with Crippen molar-refractivity contribution in [2.75, 3.05) is 37.6 Å². The summed E-state index contributed by atoms with van der Waals surface area (Å²) in [5.41, 5.74) is 0.931. The molecule has 1 saturated heterocycles. The van der Waals surface area contributed by atoms with Crippen molar-refractivity contribution in [3.63, 3.8) is 0 Å². The number of nitrogens with zero attached hydrogens (tertiary/aromatic N) is 2. The topological polar surface area (TPSA) is 52.7 Å². The van der Waals surface area contributed by atoms with Crippen molar-refractivity contribution in [2.24, 2.45) is 0 Å². The highest BCUT2D eigenvalue weighted by Gasteiger charge is 2.25. The number of halogens is 1. The van der Waals surface area contributed by atoms with Gasteiger partial charge in [0, 0.05) is 38.4 Å². The largest absolute Gasteiger partial charge is 0.368 e. The number of hydrogen-bond donors (Lipinski definition) is 1. The van der Waals surface area contributed by atoms with Crippen molar-refractivity contribution in [3.8, 4) is 0 Å². The van der Waals surface area contributed by atoms with E-state index in [1.54, 1.807) is 17.0 Å². The first-order chi connectivity index (χ1) is 10.6. The van der Waals surface area contributed by atoms with Crippen molar-refractivity contribution < 1.29 is 14.0 Å². The normalized spacial score (nSPS) is 14.8. The summed E-state index contributed by atoms with van der Waals surface area (Å²) in [5.74, 6) is -1.25. The summed E-state index contributed by atoms with van der Waals surface area (Å²) in [4.78, 5) is 27.4. The Hall–Kier alpha value is -2.11. The van der Waals surface area contributed by atoms with Crippen LogP contribution in [0.25, 0.3) is 0 Å². The molecule has 22 heavy (non-hydrogen) atoms. The quantitative estimate of drug-likeness (QED) is 0.675. The Labute approximate surface area is 130 Å². The number of amides is 2. The molecule has 6 heteroatoms. The summed E-state index contributed by atoms with van der Waals surface area (Å²) in [6.45, 7) is 4.84. The van der Waals surface area contributed by atoms with Crippen LogP contribution in [0, 0.1) is 5.82 Å². The number of rotatable bonds is 4. The highest BCUT2D eigenvalue weighted by molar-refractivity contribution is 6.35. The minimum atomic E-state index is -0.524. The monoisotopic (exact) mass is 307 g/mol. The van der Waals surface area contributed by atoms with E-state index in [4.69, 9.17) is 0 Å². The molecule has 1 fully saturated rings. The molecule has 120 valence electrons. The third-order valence-electron chi connectivity index (χ3n) is 3.77. The molecule has 1 N–H and O–H groups in total. The first-order valence-electron chi connectivity index (χ1n) is 7.69. The number of hydrogen-bond acceptors (Lipinski definition) is 3. The molecule has 1 aromatic carbocycles. The first-order valence-corrected chi connectivity index (χ1v) is 7.69. The van der Waals surface area contributed by atoms with Gasteiger partial charge in [0.05, 0.1) is 0 Å². The molecule has 0 spiro atoms. The van der Waals surface area contributed by atoms with Crippen LogP contribution in [0.1, 0.15) is 19.8 Å². The summed E-state index contributed by atoms with van der Waals surface area (Å²) < 4.78 is 12.9. The highest BCUT2D eigenvalue weighted by atomic mass is 19.1. The minimum Gasteiger partial charge on any atom is -0.368 e. The second kappa shape index (κ2) is 7.77. The fourth-order valence-electron chi connectivity index (χ4n) is 2.42. The standard InChI is InChI=1S/C16H22FN3O2/c1-2-3-8-18-15(21)16(22)20-11-9-19(10-12-20)14-6-4-13(17)5-7-14/h4-7H,2-3,8-12H2,1H3,(H,18,21). The van der Waals surface area contributed by atoms with Crippen LogP contribution in [0.3, 0.4) is 0 Å². The van der Waals surface area contributed by atoms with Gasteiger partial charge in [-0.15, -0.1) is 0 Å². The lowest BCUT2D eigenvalue weighted by Gasteiger charge is -2.35. The smallest absolute Gasteiger partial charge is 0.312 e. The summed E-state index contributed by atoms with van der Waals surface area (Å²) in [6, 6.07) is 6.30. The van der Waals surface area contributed by atoms with Gasteiger partial charge in [-0.3, -0.25) is 9.59 Å². The molecule has 5 nitrogen and oxygen atoms in total. The van der Waals surface area contributed by atoms with E-state index in [9.17, 15) is 14.0 Å². The molecule has 1 heterocycles. The first kappa shape index (κ1) is 16.3. The average molecular weight is 307 g/mol. The Balaban J connectivity index is 1.82. The van der Waals surface area contributed by atoms with Crippen LogP contribution in [0.2, 0.25) is 0 Å². The summed E-state index contributed by atoms with van der Waals surface area (Å²) in [5, 5.41) is 2.64. The Kier molecular flexibility index (Phi) is 5.75. The number of benzene rings is 1. The van der Waals surface area contributed by atoms with Crippen LogP contribution in [-0.4, -0.2) is 49.4 Å². The van der Waals surface area contributed by atoms with Crippen LogP contribution >= 0.6 is 0 Å². The molecule has 1 aromatic rings. The molecule has 0 bridgehead atoms. The number of carbonyl (C=O) groups excluding carboxylic acids is 2. The van der Waals surface area contributed by atoms with E-state index in [1.165, 1.54) is 12.1 Å². The lowest BCUT2D eigenvalue weighted by atomic mass is 10.2. The van der Waals surface area contributed by atoms with E-state index < -0.39 is 11.8 Å². The van der Waals surface area contributed by atoms with E-state index in [2.05, 4.69) is 10.2 Å². The van der Waals surface area contributed by atoms with Crippen molar-refractivity contribution in [1.82, 2.24) is 10.2 Å². The molecule has 2 amide bonds. The van der Waals surface area contributed by atoms with Crippen LogP contribution in [0.5, 0.6) is 0 Å². The van der Waals surface area contributed by atoms with E-state index >= 15 is 0 Å². The second-order valence-electron chi connectivity index (χ2n) is 5.37. The van der Waals surface area contributed by atoms with Crippen molar-refractivity contribution in [1.29, 1.82) is 0 Å². The lowest BCUT2D eigenvalue weighted by Crippen LogP contribution is -2.52. The maximum atomic E-state index is 12.9. The van der Waals surface area contributed by atoms with Gasteiger partial charge >= 0.3 is 11.8 Å². The predicted molar refractivity (Wildman–Crippen MR) is 83.1 cm³/mol. The number of piperazine rings is 1. The molecule has 0 aromatic heterocycles. The van der Waals surface area contributed by atoms with Crippen LogP contribution < -0.4 is 10.2 Å². The molecule has 1 aliphatic heterocycles. The summed E-state index contributed by atoms with van der Waals surface area (Å²) >= 11 is 0. The molecule has 1 aliphatic rings. The van der Waals surface area contributed by atoms with E-state index in [-0.39, 0.29) is 5.82 Å². The molecule has 0 unspecified atom stereocenters. The van der Waals surface area contributed by atoms with Gasteiger partial charge in [0.1, 0.15) is 5.82 Å². The van der Waals surface area contributed by atoms with Gasteiger partial charge in [-0.1, -0.05) is 13.3 Å². The third-order valence-corrected chi connectivity index (χ3v) is 3.77. The van der Waals surface area contributed by atoms with Crippen molar-refractivity contribution in [3.05, 3.63) is 30.1 Å². The zero-order valence-corrected chi connectivity index (χ0v) is 12.8. The number of anilines is 1. The van der Waals surface area contributed by atoms with Gasteiger partial charge in [0.25, 0.3) is 0 Å². The molecular formula is C16H22FN3O2. The summed E-state index contributed by atoms with van der Waals surface area (Å²) in [6.07, 6.45) is 1.85. The van der Waals surface area contributed by atoms with Gasteiger partial charge in [-0.05, 0) is 30.7 Å². The van der Waals surface area contributed by atoms with E-state index in [0.717, 1.165) is 18.5 Å². The average Bonchev–Trinajstić information content (AvgIpc) is 2.55. The molecular weight excluding hydrogens is 285 g/mol. The van der Waals surface area contributed by atoms with Crippen molar-refractivity contribution in [2.45, 2.75) is 19.8 Å². The number of nitrogens with one attached hydrogen (secondary N) is 1. The van der Waals surface area contributed by atoms with Crippen LogP contribution in [0.4, 0.5) is 10.1 Å². The fourth-order valence-corrected chi connectivity index (χ4v) is 2.42. The SMILES string of the molecule is CCCCNC(=O)C(=O)N1CCN(c2ccc(F)cc2)CC1. The van der Waals surface area contributed by atoms with Crippen LogP contribution in [0.15, 0.2) is 24.3 Å². The van der Waals surface area contributed by atoms with Gasteiger partial charge in [-0.2, -0.15) is 0 Å². The zero-order valence-electron chi connectivity index (χ0n) is 12.8. The van der Waals surface area contributed by atoms with Gasteiger partial charge < -0.3 is 15.1 Å². The number of carbonyl (C=O) groups is 2. The number of unbranched alkanes of at least 4 members (excludes halogenated alkanes) is 1. The zero-order chi connectivity index (χ0) is 15.9. The second-order valence-corrected chi connectivity index (χ2v) is 5.37. The molecule has 0 aliphatic carbocycles. The maximum Gasteiger partial charge on any atom is 0.312 e. The third kappa shape index (κ3) is 4.19. The molecule has 0 atom stereocenters. The Morgan fingerprint density at radius 1 is 1.14 bits per heavy atom. The van der Waals surface area contributed by atoms with E-state index in [0.29, 0.717) is 32.7 Å². The maximum absolute atomic E-state index is 12.9. The van der Waals surface area contributed by atoms with Gasteiger partial charge in [-0.25, -0.2) is 4.39 Å². The van der Waals surface area contributed by atoms with E-state index in [1.807, 2.05) is 6.92 Å². The van der Waals surface area contributed by atoms with Crippen molar-refractivity contribution >= 4 is 17.5 Å². The van der Waals surface area contributed by atoms with Gasteiger partial charge in [0.2, 0.25) is 0 Å². The summed E-state index contributed by atoms with van der Waals surface area (Å²) in [7, 11) is 0. The Bertz CT molecular complexity index is 511. The Morgan fingerprint density at radius 3 is 2.36 bits per heavy atom. The predicted octanol–water partition coefficient (Wildman–Crippen LogP) is 1.39. The van der Waals surface area contributed by atoms with Crippen LogP contribution in [-0.2, 0) is 9.59 Å². The Morgan fingerprint density at radius 2 is 1.77 bits per heavy atom.